The van der Waals surface area contributed by atoms with Crippen molar-refractivity contribution in [3.05, 3.63) is 57.9 Å². The summed E-state index contributed by atoms with van der Waals surface area (Å²) in [5, 5.41) is 15.1. The largest absolute Gasteiger partial charge is 0.488 e. The number of benzene rings is 1. The van der Waals surface area contributed by atoms with E-state index in [1.54, 1.807) is 12.1 Å². The van der Waals surface area contributed by atoms with Crippen molar-refractivity contribution >= 4 is 23.8 Å². The first kappa shape index (κ1) is 18.5. The molecule has 0 atom stereocenters. The highest BCUT2D eigenvalue weighted by atomic mass is 16.6. The number of nitro groups is 1. The Labute approximate surface area is 147 Å². The third-order valence-corrected chi connectivity index (χ3v) is 3.03. The van der Waals surface area contributed by atoms with Crippen LogP contribution in [0, 0.1) is 10.1 Å². The molecule has 1 N–H and O–H groups in total. The van der Waals surface area contributed by atoms with Gasteiger partial charge in [-0.2, -0.15) is 5.10 Å². The van der Waals surface area contributed by atoms with Gasteiger partial charge in [0.25, 0.3) is 5.91 Å². The van der Waals surface area contributed by atoms with Crippen LogP contribution >= 0.6 is 0 Å². The third-order valence-electron chi connectivity index (χ3n) is 3.03. The van der Waals surface area contributed by atoms with E-state index < -0.39 is 22.5 Å². The number of esters is 1. The van der Waals surface area contributed by atoms with Crippen LogP contribution in [0.15, 0.2) is 41.6 Å². The Morgan fingerprint density at radius 1 is 1.31 bits per heavy atom. The summed E-state index contributed by atoms with van der Waals surface area (Å²) in [4.78, 5) is 37.5. The molecule has 26 heavy (non-hydrogen) atoms. The van der Waals surface area contributed by atoms with Gasteiger partial charge in [-0.3, -0.25) is 24.7 Å². The first-order valence-corrected chi connectivity index (χ1v) is 7.22. The summed E-state index contributed by atoms with van der Waals surface area (Å²) in [5.41, 5.74) is 1.95. The fraction of sp³-hybridized carbons (Fsp3) is 0.125. The van der Waals surface area contributed by atoms with Gasteiger partial charge in [0, 0.05) is 13.1 Å². The van der Waals surface area contributed by atoms with Gasteiger partial charge in [-0.25, -0.2) is 5.43 Å². The lowest BCUT2D eigenvalue weighted by Crippen LogP contribution is -2.18. The van der Waals surface area contributed by atoms with Crippen molar-refractivity contribution in [1.82, 2.24) is 10.4 Å². The van der Waals surface area contributed by atoms with Gasteiger partial charge in [0.05, 0.1) is 23.8 Å². The molecule has 0 bridgehead atoms. The molecule has 134 valence electrons. The number of hydrogen-bond donors (Lipinski definition) is 1. The molecule has 0 aliphatic rings. The van der Waals surface area contributed by atoms with Crippen LogP contribution in [0.5, 0.6) is 11.5 Å². The number of pyridine rings is 1. The Bertz CT molecular complexity index is 867. The molecule has 1 aromatic carbocycles. The fourth-order valence-electron chi connectivity index (χ4n) is 2.01. The minimum Gasteiger partial charge on any atom is -0.488 e. The number of aromatic nitrogens is 1. The molecular weight excluding hydrogens is 344 g/mol. The Kier molecular flexibility index (Phi) is 5.93. The van der Waals surface area contributed by atoms with E-state index in [-0.39, 0.29) is 22.8 Å². The Balaban J connectivity index is 2.29. The van der Waals surface area contributed by atoms with Crippen LogP contribution in [0.25, 0.3) is 0 Å². The second kappa shape index (κ2) is 8.33. The number of hydrogen-bond acceptors (Lipinski definition) is 8. The number of methoxy groups -OCH3 is 1. The van der Waals surface area contributed by atoms with E-state index in [4.69, 9.17) is 9.47 Å². The lowest BCUT2D eigenvalue weighted by atomic mass is 10.1. The number of ether oxygens (including phenoxy) is 2. The first-order chi connectivity index (χ1) is 12.4. The molecule has 0 aliphatic heterocycles. The standard InChI is InChI=1S/C16H14N4O6/c1-10(21)26-13-7-6-11(14(20(23)24)15(13)25-2)9-18-19-16(22)12-5-3-4-8-17-12/h3-9H,1-2H3,(H,19,22)/b18-9-. The molecular formula is C16H14N4O6. The van der Waals surface area contributed by atoms with Crippen LogP contribution in [0.2, 0.25) is 0 Å². The van der Waals surface area contributed by atoms with Crippen molar-refractivity contribution in [2.24, 2.45) is 5.10 Å². The topological polar surface area (TPSA) is 133 Å². The number of nitro benzene ring substituents is 1. The number of amides is 1. The summed E-state index contributed by atoms with van der Waals surface area (Å²) in [6.45, 7) is 1.16. The predicted octanol–water partition coefficient (Wildman–Crippen LogP) is 1.69. The van der Waals surface area contributed by atoms with Gasteiger partial charge in [0.2, 0.25) is 5.75 Å². The zero-order chi connectivity index (χ0) is 19.1. The number of carbonyl (C=O) groups excluding carboxylic acids is 2. The molecule has 0 saturated heterocycles. The van der Waals surface area contributed by atoms with Crippen LogP contribution in [0.4, 0.5) is 5.69 Å². The van der Waals surface area contributed by atoms with Gasteiger partial charge < -0.3 is 9.47 Å². The van der Waals surface area contributed by atoms with Gasteiger partial charge in [0.1, 0.15) is 5.69 Å². The minimum absolute atomic E-state index is 0.0454. The van der Waals surface area contributed by atoms with Gasteiger partial charge in [-0.1, -0.05) is 6.07 Å². The highest BCUT2D eigenvalue weighted by Gasteiger charge is 2.25. The molecule has 0 fully saturated rings. The van der Waals surface area contributed by atoms with Gasteiger partial charge in [-0.15, -0.1) is 0 Å². The molecule has 1 amide bonds. The van der Waals surface area contributed by atoms with Gasteiger partial charge in [0.15, 0.2) is 5.75 Å². The SMILES string of the molecule is COc1c(OC(C)=O)ccc(/C=N\NC(=O)c2ccccn2)c1[N+](=O)[O-]. The van der Waals surface area contributed by atoms with Crippen LogP contribution in [0.1, 0.15) is 23.0 Å². The van der Waals surface area contributed by atoms with Crippen molar-refractivity contribution in [2.45, 2.75) is 6.92 Å². The molecule has 0 radical (unpaired) electrons. The van der Waals surface area contributed by atoms with E-state index in [1.807, 2.05) is 0 Å². The van der Waals surface area contributed by atoms with Crippen molar-refractivity contribution < 1.29 is 24.0 Å². The maximum atomic E-state index is 11.8. The monoisotopic (exact) mass is 358 g/mol. The number of rotatable bonds is 6. The average molecular weight is 358 g/mol. The third kappa shape index (κ3) is 4.38. The molecule has 1 heterocycles. The molecule has 2 rings (SSSR count). The molecule has 0 unspecified atom stereocenters. The molecule has 10 heteroatoms. The molecule has 0 spiro atoms. The zero-order valence-corrected chi connectivity index (χ0v) is 13.8. The number of nitrogens with zero attached hydrogens (tertiary/aromatic N) is 3. The normalized spacial score (nSPS) is 10.4. The second-order valence-corrected chi connectivity index (χ2v) is 4.80. The number of carbonyl (C=O) groups is 2. The Morgan fingerprint density at radius 3 is 2.65 bits per heavy atom. The highest BCUT2D eigenvalue weighted by molar-refractivity contribution is 5.94. The summed E-state index contributed by atoms with van der Waals surface area (Å²) in [6.07, 6.45) is 2.53. The molecule has 2 aromatic rings. The average Bonchev–Trinajstić information content (AvgIpc) is 2.62. The van der Waals surface area contributed by atoms with Crippen molar-refractivity contribution in [1.29, 1.82) is 0 Å². The van der Waals surface area contributed by atoms with Crippen LogP contribution < -0.4 is 14.9 Å². The highest BCUT2D eigenvalue weighted by Crippen LogP contribution is 2.39. The second-order valence-electron chi connectivity index (χ2n) is 4.80. The zero-order valence-electron chi connectivity index (χ0n) is 13.8. The van der Waals surface area contributed by atoms with Gasteiger partial charge in [-0.05, 0) is 24.3 Å². The van der Waals surface area contributed by atoms with Crippen molar-refractivity contribution in [3.8, 4) is 11.5 Å². The van der Waals surface area contributed by atoms with Crippen molar-refractivity contribution in [2.75, 3.05) is 7.11 Å². The maximum Gasteiger partial charge on any atom is 0.323 e. The van der Waals surface area contributed by atoms with E-state index in [0.29, 0.717) is 0 Å². The quantitative estimate of drug-likeness (QED) is 0.273. The fourth-order valence-corrected chi connectivity index (χ4v) is 2.01. The summed E-state index contributed by atoms with van der Waals surface area (Å²) >= 11 is 0. The lowest BCUT2D eigenvalue weighted by molar-refractivity contribution is -0.385. The lowest BCUT2D eigenvalue weighted by Gasteiger charge is -2.09. The molecule has 0 aliphatic carbocycles. The van der Waals surface area contributed by atoms with Gasteiger partial charge >= 0.3 is 11.7 Å². The van der Waals surface area contributed by atoms with Crippen molar-refractivity contribution in [3.63, 3.8) is 0 Å². The predicted molar refractivity (Wildman–Crippen MR) is 90.3 cm³/mol. The smallest absolute Gasteiger partial charge is 0.323 e. The van der Waals surface area contributed by atoms with Crippen LogP contribution in [-0.4, -0.2) is 35.1 Å². The number of hydrazone groups is 1. The van der Waals surface area contributed by atoms with E-state index in [2.05, 4.69) is 15.5 Å². The Hall–Kier alpha value is -3.82. The van der Waals surface area contributed by atoms with E-state index in [1.165, 1.54) is 31.5 Å². The molecule has 10 nitrogen and oxygen atoms in total. The summed E-state index contributed by atoms with van der Waals surface area (Å²) in [7, 11) is 1.21. The minimum atomic E-state index is -0.701. The van der Waals surface area contributed by atoms with E-state index >= 15 is 0 Å². The van der Waals surface area contributed by atoms with E-state index in [0.717, 1.165) is 13.1 Å². The van der Waals surface area contributed by atoms with Crippen LogP contribution in [-0.2, 0) is 4.79 Å². The van der Waals surface area contributed by atoms with Crippen LogP contribution in [0.3, 0.4) is 0 Å². The summed E-state index contributed by atoms with van der Waals surface area (Å²) in [6, 6.07) is 7.42. The first-order valence-electron chi connectivity index (χ1n) is 7.22. The molecule has 0 saturated carbocycles. The Morgan fingerprint density at radius 2 is 2.08 bits per heavy atom. The summed E-state index contributed by atoms with van der Waals surface area (Å²) in [5.74, 6) is -1.55. The summed E-state index contributed by atoms with van der Waals surface area (Å²) < 4.78 is 9.89. The number of nitrogens with one attached hydrogen (secondary N) is 1. The molecule has 1 aromatic heterocycles. The van der Waals surface area contributed by atoms with E-state index in [9.17, 15) is 19.7 Å². The maximum absolute atomic E-state index is 11.8.